The Hall–Kier alpha value is -1.26. The topological polar surface area (TPSA) is 44.7 Å². The largest absolute Gasteiger partial charge is 0.495 e. The van der Waals surface area contributed by atoms with Crippen molar-refractivity contribution in [3.8, 4) is 5.75 Å². The number of nitrogens with zero attached hydrogens (tertiary/aromatic N) is 1. The molecule has 0 atom stereocenters. The molecule has 20 heavy (non-hydrogen) atoms. The molecule has 2 N–H and O–H groups in total. The van der Waals surface area contributed by atoms with Crippen LogP contribution in [0, 0.1) is 0 Å². The first kappa shape index (κ1) is 16.8. The van der Waals surface area contributed by atoms with E-state index in [-0.39, 0.29) is 6.61 Å². The van der Waals surface area contributed by atoms with Gasteiger partial charge in [-0.2, -0.15) is 0 Å². The van der Waals surface area contributed by atoms with E-state index in [1.807, 2.05) is 0 Å². The molecule has 1 rings (SSSR count). The summed E-state index contributed by atoms with van der Waals surface area (Å²) in [7, 11) is 1.69. The monoisotopic (exact) mass is 280 g/mol. The average Bonchev–Trinajstić information content (AvgIpc) is 2.49. The quantitative estimate of drug-likeness (QED) is 0.646. The Labute approximate surface area is 122 Å². The summed E-state index contributed by atoms with van der Waals surface area (Å²) < 4.78 is 5.49. The van der Waals surface area contributed by atoms with Gasteiger partial charge in [0.2, 0.25) is 0 Å². The van der Waals surface area contributed by atoms with E-state index in [2.05, 4.69) is 42.3 Å². The van der Waals surface area contributed by atoms with Gasteiger partial charge in [-0.05, 0) is 37.6 Å². The summed E-state index contributed by atoms with van der Waals surface area (Å²) in [4.78, 5) is 2.12. The summed E-state index contributed by atoms with van der Waals surface area (Å²) in [6.45, 7) is 7.81. The van der Waals surface area contributed by atoms with Crippen molar-refractivity contribution in [2.45, 2.75) is 33.2 Å². The lowest BCUT2D eigenvalue weighted by atomic mass is 10.1. The van der Waals surface area contributed by atoms with E-state index in [9.17, 15) is 0 Å². The number of nitrogens with one attached hydrogen (secondary N) is 1. The molecule has 0 radical (unpaired) electrons. The van der Waals surface area contributed by atoms with E-state index in [0.717, 1.165) is 31.1 Å². The Morgan fingerprint density at radius 1 is 1.30 bits per heavy atom. The minimum Gasteiger partial charge on any atom is -0.495 e. The van der Waals surface area contributed by atoms with Crippen LogP contribution in [0.15, 0.2) is 18.2 Å². The predicted molar refractivity (Wildman–Crippen MR) is 84.6 cm³/mol. The standard InChI is InChI=1S/C16H28N2O2/c1-4-6-9-17-13-14-7-8-15(16(12-14)20-3)18(5-2)10-11-19/h7-8,12,17,19H,4-6,9-11,13H2,1-3H3. The van der Waals surface area contributed by atoms with Gasteiger partial charge in [-0.1, -0.05) is 19.4 Å². The van der Waals surface area contributed by atoms with E-state index in [4.69, 9.17) is 9.84 Å². The van der Waals surface area contributed by atoms with Crippen molar-refractivity contribution in [2.24, 2.45) is 0 Å². The number of likely N-dealkylation sites (N-methyl/N-ethyl adjacent to an activating group) is 1. The predicted octanol–water partition coefficient (Wildman–Crippen LogP) is 2.40. The van der Waals surface area contributed by atoms with E-state index in [1.165, 1.54) is 18.4 Å². The van der Waals surface area contributed by atoms with Crippen LogP contribution in [0.5, 0.6) is 5.75 Å². The summed E-state index contributed by atoms with van der Waals surface area (Å²) >= 11 is 0. The SMILES string of the molecule is CCCCNCc1ccc(N(CC)CCO)c(OC)c1. The molecule has 4 heteroatoms. The Bertz CT molecular complexity index is 383. The van der Waals surface area contributed by atoms with Crippen molar-refractivity contribution in [3.63, 3.8) is 0 Å². The second-order valence-corrected chi connectivity index (χ2v) is 4.84. The number of rotatable bonds is 10. The van der Waals surface area contributed by atoms with Gasteiger partial charge in [-0.15, -0.1) is 0 Å². The van der Waals surface area contributed by atoms with E-state index >= 15 is 0 Å². The van der Waals surface area contributed by atoms with E-state index < -0.39 is 0 Å². The first-order valence-electron chi connectivity index (χ1n) is 7.50. The number of aliphatic hydroxyl groups is 1. The molecule has 0 aliphatic rings. The number of aliphatic hydroxyl groups excluding tert-OH is 1. The maximum atomic E-state index is 9.12. The maximum Gasteiger partial charge on any atom is 0.142 e. The number of benzene rings is 1. The fraction of sp³-hybridized carbons (Fsp3) is 0.625. The minimum atomic E-state index is 0.150. The van der Waals surface area contributed by atoms with Gasteiger partial charge in [0.25, 0.3) is 0 Å². The second-order valence-electron chi connectivity index (χ2n) is 4.84. The number of hydrogen-bond acceptors (Lipinski definition) is 4. The Balaban J connectivity index is 2.73. The van der Waals surface area contributed by atoms with Gasteiger partial charge in [0.15, 0.2) is 0 Å². The number of unbranched alkanes of at least 4 members (excludes halogenated alkanes) is 1. The molecule has 4 nitrogen and oxygen atoms in total. The van der Waals surface area contributed by atoms with Gasteiger partial charge >= 0.3 is 0 Å². The molecule has 0 saturated carbocycles. The lowest BCUT2D eigenvalue weighted by Gasteiger charge is -2.24. The van der Waals surface area contributed by atoms with Crippen LogP contribution in [0.4, 0.5) is 5.69 Å². The molecule has 0 heterocycles. The average molecular weight is 280 g/mol. The lowest BCUT2D eigenvalue weighted by Crippen LogP contribution is -2.26. The molecule has 0 saturated heterocycles. The summed E-state index contributed by atoms with van der Waals surface area (Å²) in [5, 5.41) is 12.6. The molecule has 0 aromatic heterocycles. The molecule has 114 valence electrons. The maximum absolute atomic E-state index is 9.12. The zero-order valence-electron chi connectivity index (χ0n) is 13.0. The van der Waals surface area contributed by atoms with Gasteiger partial charge in [0.1, 0.15) is 5.75 Å². The van der Waals surface area contributed by atoms with Crippen LogP contribution in [0.1, 0.15) is 32.3 Å². The molecule has 0 amide bonds. The molecule has 0 aliphatic heterocycles. The van der Waals surface area contributed by atoms with Crippen molar-refractivity contribution in [1.29, 1.82) is 0 Å². The molecular formula is C16H28N2O2. The molecular weight excluding hydrogens is 252 g/mol. The molecule has 0 aliphatic carbocycles. The van der Waals surface area contributed by atoms with Gasteiger partial charge in [-0.3, -0.25) is 0 Å². The van der Waals surface area contributed by atoms with Gasteiger partial charge in [0.05, 0.1) is 19.4 Å². The van der Waals surface area contributed by atoms with Crippen molar-refractivity contribution in [1.82, 2.24) is 5.32 Å². The highest BCUT2D eigenvalue weighted by atomic mass is 16.5. The van der Waals surface area contributed by atoms with E-state index in [1.54, 1.807) is 7.11 Å². The van der Waals surface area contributed by atoms with Crippen LogP contribution < -0.4 is 15.0 Å². The molecule has 0 spiro atoms. The van der Waals surface area contributed by atoms with Crippen LogP contribution in [0.2, 0.25) is 0 Å². The number of methoxy groups -OCH3 is 1. The van der Waals surface area contributed by atoms with Crippen molar-refractivity contribution < 1.29 is 9.84 Å². The fourth-order valence-corrected chi connectivity index (χ4v) is 2.20. The highest BCUT2D eigenvalue weighted by Gasteiger charge is 2.10. The summed E-state index contributed by atoms with van der Waals surface area (Å²) in [5.74, 6) is 0.870. The summed E-state index contributed by atoms with van der Waals surface area (Å²) in [6, 6.07) is 6.28. The highest BCUT2D eigenvalue weighted by molar-refractivity contribution is 5.59. The van der Waals surface area contributed by atoms with Crippen molar-refractivity contribution in [3.05, 3.63) is 23.8 Å². The smallest absolute Gasteiger partial charge is 0.142 e. The molecule has 0 bridgehead atoms. The van der Waals surface area contributed by atoms with Crippen LogP contribution in [0.3, 0.4) is 0 Å². The Morgan fingerprint density at radius 2 is 2.10 bits per heavy atom. The lowest BCUT2D eigenvalue weighted by molar-refractivity contribution is 0.302. The van der Waals surface area contributed by atoms with Crippen LogP contribution in [-0.2, 0) is 6.54 Å². The van der Waals surface area contributed by atoms with E-state index in [0.29, 0.717) is 6.54 Å². The number of ether oxygens (including phenoxy) is 1. The second kappa shape index (κ2) is 9.61. The summed E-state index contributed by atoms with van der Waals surface area (Å²) in [5.41, 5.74) is 2.27. The van der Waals surface area contributed by atoms with Crippen LogP contribution in [-0.4, -0.2) is 38.5 Å². The third kappa shape index (κ3) is 5.02. The molecule has 1 aromatic carbocycles. The van der Waals surface area contributed by atoms with Crippen LogP contribution >= 0.6 is 0 Å². The third-order valence-corrected chi connectivity index (χ3v) is 3.37. The Kier molecular flexibility index (Phi) is 8.07. The Morgan fingerprint density at radius 3 is 2.70 bits per heavy atom. The molecule has 1 aromatic rings. The first-order chi connectivity index (χ1) is 9.76. The highest BCUT2D eigenvalue weighted by Crippen LogP contribution is 2.29. The van der Waals surface area contributed by atoms with Crippen molar-refractivity contribution in [2.75, 3.05) is 38.3 Å². The number of hydrogen-bond donors (Lipinski definition) is 2. The van der Waals surface area contributed by atoms with Gasteiger partial charge < -0.3 is 20.1 Å². The zero-order valence-corrected chi connectivity index (χ0v) is 13.0. The minimum absolute atomic E-state index is 0.150. The van der Waals surface area contributed by atoms with Gasteiger partial charge in [0, 0.05) is 19.6 Å². The first-order valence-corrected chi connectivity index (χ1v) is 7.50. The normalized spacial score (nSPS) is 10.6. The number of anilines is 1. The molecule has 0 fully saturated rings. The molecule has 0 unspecified atom stereocenters. The summed E-state index contributed by atoms with van der Waals surface area (Å²) in [6.07, 6.45) is 2.41. The van der Waals surface area contributed by atoms with Gasteiger partial charge in [-0.25, -0.2) is 0 Å². The fourth-order valence-electron chi connectivity index (χ4n) is 2.20. The van der Waals surface area contributed by atoms with Crippen LogP contribution in [0.25, 0.3) is 0 Å². The third-order valence-electron chi connectivity index (χ3n) is 3.37. The van der Waals surface area contributed by atoms with Crippen molar-refractivity contribution >= 4 is 5.69 Å². The zero-order chi connectivity index (χ0) is 14.8.